The van der Waals surface area contributed by atoms with Crippen LogP contribution in [0.4, 0.5) is 5.69 Å². The van der Waals surface area contributed by atoms with Crippen molar-refractivity contribution in [3.8, 4) is 0 Å². The van der Waals surface area contributed by atoms with E-state index in [1.807, 2.05) is 44.2 Å². The third-order valence-corrected chi connectivity index (χ3v) is 5.69. The Hall–Kier alpha value is -2.67. The average Bonchev–Trinajstić information content (AvgIpc) is 2.67. The molecule has 150 valence electrons. The van der Waals surface area contributed by atoms with Crippen LogP contribution in [-0.4, -0.2) is 33.2 Å². The SMILES string of the molecule is CC[C@H](C)[C@H](C(=O)OCC(=O)Nc1ccccc1S(C)(=O)=O)c1ccccc1. The maximum Gasteiger partial charge on any atom is 0.314 e. The molecule has 2 atom stereocenters. The van der Waals surface area contributed by atoms with Crippen LogP contribution in [0.5, 0.6) is 0 Å². The lowest BCUT2D eigenvalue weighted by Crippen LogP contribution is -2.27. The van der Waals surface area contributed by atoms with E-state index in [1.54, 1.807) is 12.1 Å². The Morgan fingerprint density at radius 2 is 1.64 bits per heavy atom. The lowest BCUT2D eigenvalue weighted by molar-refractivity contribution is -0.150. The van der Waals surface area contributed by atoms with Gasteiger partial charge in [-0.2, -0.15) is 0 Å². The molecule has 0 fully saturated rings. The molecular formula is C21H25NO5S. The maximum absolute atomic E-state index is 12.6. The van der Waals surface area contributed by atoms with E-state index < -0.39 is 34.2 Å². The zero-order valence-electron chi connectivity index (χ0n) is 16.2. The van der Waals surface area contributed by atoms with E-state index in [1.165, 1.54) is 12.1 Å². The molecule has 0 aliphatic rings. The van der Waals surface area contributed by atoms with Gasteiger partial charge in [-0.05, 0) is 23.6 Å². The van der Waals surface area contributed by atoms with Gasteiger partial charge in [0.05, 0.1) is 16.5 Å². The van der Waals surface area contributed by atoms with Crippen LogP contribution in [0.1, 0.15) is 31.7 Å². The predicted molar refractivity (Wildman–Crippen MR) is 108 cm³/mol. The number of para-hydroxylation sites is 1. The quantitative estimate of drug-likeness (QED) is 0.682. The van der Waals surface area contributed by atoms with Crippen molar-refractivity contribution >= 4 is 27.4 Å². The minimum absolute atomic E-state index is 0.0106. The molecular weight excluding hydrogens is 378 g/mol. The molecule has 0 unspecified atom stereocenters. The second-order valence-electron chi connectivity index (χ2n) is 6.70. The summed E-state index contributed by atoms with van der Waals surface area (Å²) in [4.78, 5) is 24.9. The van der Waals surface area contributed by atoms with Gasteiger partial charge < -0.3 is 10.1 Å². The first-order chi connectivity index (χ1) is 13.2. The molecule has 1 amide bonds. The molecule has 1 N–H and O–H groups in total. The molecule has 0 aliphatic carbocycles. The van der Waals surface area contributed by atoms with E-state index in [4.69, 9.17) is 4.74 Å². The Balaban J connectivity index is 2.07. The van der Waals surface area contributed by atoms with Crippen molar-refractivity contribution in [1.29, 1.82) is 0 Å². The molecule has 0 spiro atoms. The van der Waals surface area contributed by atoms with Crippen LogP contribution in [0.2, 0.25) is 0 Å². The largest absolute Gasteiger partial charge is 0.455 e. The van der Waals surface area contributed by atoms with Crippen molar-refractivity contribution < 1.29 is 22.7 Å². The summed E-state index contributed by atoms with van der Waals surface area (Å²) in [6.07, 6.45) is 1.84. The van der Waals surface area contributed by atoms with E-state index in [-0.39, 0.29) is 16.5 Å². The van der Waals surface area contributed by atoms with Gasteiger partial charge in [-0.25, -0.2) is 8.42 Å². The number of rotatable bonds is 8. The summed E-state index contributed by atoms with van der Waals surface area (Å²) in [5, 5.41) is 2.50. The molecule has 0 saturated carbocycles. The fourth-order valence-electron chi connectivity index (χ4n) is 2.90. The highest BCUT2D eigenvalue weighted by atomic mass is 32.2. The number of hydrogen-bond donors (Lipinski definition) is 1. The average molecular weight is 404 g/mol. The lowest BCUT2D eigenvalue weighted by Gasteiger charge is -2.21. The number of esters is 1. The first-order valence-electron chi connectivity index (χ1n) is 9.04. The van der Waals surface area contributed by atoms with Gasteiger partial charge >= 0.3 is 5.97 Å². The predicted octanol–water partition coefficient (Wildman–Crippen LogP) is 3.40. The summed E-state index contributed by atoms with van der Waals surface area (Å²) in [7, 11) is -3.50. The van der Waals surface area contributed by atoms with Gasteiger partial charge in [0.25, 0.3) is 5.91 Å². The molecule has 2 aromatic carbocycles. The number of amides is 1. The van der Waals surface area contributed by atoms with Crippen LogP contribution in [-0.2, 0) is 24.2 Å². The number of benzene rings is 2. The second-order valence-corrected chi connectivity index (χ2v) is 8.68. The van der Waals surface area contributed by atoms with Crippen molar-refractivity contribution in [1.82, 2.24) is 0 Å². The Morgan fingerprint density at radius 3 is 2.25 bits per heavy atom. The number of carbonyl (C=O) groups is 2. The summed E-state index contributed by atoms with van der Waals surface area (Å²) in [5.74, 6) is -1.50. The molecule has 0 bridgehead atoms. The standard InChI is InChI=1S/C21H25NO5S/c1-4-15(2)20(16-10-6-5-7-11-16)21(24)27-14-19(23)22-17-12-8-9-13-18(17)28(3,25)26/h5-13,15,20H,4,14H2,1-3H3,(H,22,23)/t15-,20-/m0/s1. The monoisotopic (exact) mass is 403 g/mol. The molecule has 0 saturated heterocycles. The fraction of sp³-hybridized carbons (Fsp3) is 0.333. The van der Waals surface area contributed by atoms with Crippen LogP contribution in [0.3, 0.4) is 0 Å². The zero-order chi connectivity index (χ0) is 20.7. The number of hydrogen-bond acceptors (Lipinski definition) is 5. The number of sulfone groups is 1. The van der Waals surface area contributed by atoms with E-state index in [0.717, 1.165) is 18.2 Å². The first kappa shape index (κ1) is 21.6. The molecule has 2 aromatic rings. The van der Waals surface area contributed by atoms with Gasteiger partial charge in [0.1, 0.15) is 0 Å². The van der Waals surface area contributed by atoms with Crippen molar-refractivity contribution in [2.75, 3.05) is 18.2 Å². The summed E-state index contributed by atoms with van der Waals surface area (Å²) in [6.45, 7) is 3.46. The van der Waals surface area contributed by atoms with Gasteiger partial charge in [-0.1, -0.05) is 62.7 Å². The molecule has 6 nitrogen and oxygen atoms in total. The minimum Gasteiger partial charge on any atom is -0.455 e. The third kappa shape index (κ3) is 5.66. The smallest absolute Gasteiger partial charge is 0.314 e. The molecule has 0 aliphatic heterocycles. The van der Waals surface area contributed by atoms with Gasteiger partial charge in [0.2, 0.25) is 0 Å². The summed E-state index contributed by atoms with van der Waals surface area (Å²) < 4.78 is 28.9. The normalized spacial score (nSPS) is 13.4. The molecule has 0 heterocycles. The van der Waals surface area contributed by atoms with Crippen LogP contribution < -0.4 is 5.32 Å². The number of anilines is 1. The number of ether oxygens (including phenoxy) is 1. The molecule has 0 aromatic heterocycles. The van der Waals surface area contributed by atoms with E-state index in [0.29, 0.717) is 0 Å². The Kier molecular flexibility index (Phi) is 7.34. The zero-order valence-corrected chi connectivity index (χ0v) is 17.0. The van der Waals surface area contributed by atoms with Crippen molar-refractivity contribution in [3.05, 3.63) is 60.2 Å². The number of nitrogens with one attached hydrogen (secondary N) is 1. The maximum atomic E-state index is 12.6. The Labute approximate surface area is 165 Å². The fourth-order valence-corrected chi connectivity index (χ4v) is 3.74. The van der Waals surface area contributed by atoms with Gasteiger partial charge in [-0.3, -0.25) is 9.59 Å². The van der Waals surface area contributed by atoms with Crippen LogP contribution in [0.15, 0.2) is 59.5 Å². The Morgan fingerprint density at radius 1 is 1.04 bits per heavy atom. The van der Waals surface area contributed by atoms with Gasteiger partial charge in [-0.15, -0.1) is 0 Å². The molecule has 28 heavy (non-hydrogen) atoms. The van der Waals surface area contributed by atoms with Gasteiger partial charge in [0, 0.05) is 6.26 Å². The van der Waals surface area contributed by atoms with Crippen LogP contribution >= 0.6 is 0 Å². The number of carbonyl (C=O) groups excluding carboxylic acids is 2. The summed E-state index contributed by atoms with van der Waals surface area (Å²) in [5.41, 5.74) is 0.997. The van der Waals surface area contributed by atoms with Gasteiger partial charge in [0.15, 0.2) is 16.4 Å². The van der Waals surface area contributed by atoms with Crippen molar-refractivity contribution in [2.24, 2.45) is 5.92 Å². The summed E-state index contributed by atoms with van der Waals surface area (Å²) >= 11 is 0. The highest BCUT2D eigenvalue weighted by molar-refractivity contribution is 7.90. The minimum atomic E-state index is -3.50. The van der Waals surface area contributed by atoms with Crippen LogP contribution in [0.25, 0.3) is 0 Å². The van der Waals surface area contributed by atoms with E-state index >= 15 is 0 Å². The highest BCUT2D eigenvalue weighted by Gasteiger charge is 2.28. The molecule has 0 radical (unpaired) electrons. The van der Waals surface area contributed by atoms with E-state index in [9.17, 15) is 18.0 Å². The molecule has 2 rings (SSSR count). The molecule has 7 heteroatoms. The summed E-state index contributed by atoms with van der Waals surface area (Å²) in [6, 6.07) is 15.4. The second kappa shape index (κ2) is 9.50. The van der Waals surface area contributed by atoms with Crippen molar-refractivity contribution in [3.63, 3.8) is 0 Å². The van der Waals surface area contributed by atoms with Crippen molar-refractivity contribution in [2.45, 2.75) is 31.1 Å². The lowest BCUT2D eigenvalue weighted by atomic mass is 9.86. The van der Waals surface area contributed by atoms with E-state index in [2.05, 4.69) is 5.32 Å². The van der Waals surface area contributed by atoms with Crippen LogP contribution in [0, 0.1) is 5.92 Å². The highest BCUT2D eigenvalue weighted by Crippen LogP contribution is 2.28. The first-order valence-corrected chi connectivity index (χ1v) is 10.9. The topological polar surface area (TPSA) is 89.5 Å². The Bertz CT molecular complexity index is 925. The third-order valence-electron chi connectivity index (χ3n) is 4.53.